The van der Waals surface area contributed by atoms with Crippen molar-refractivity contribution in [2.24, 2.45) is 35.5 Å². The quantitative estimate of drug-likeness (QED) is 0.437. The van der Waals surface area contributed by atoms with Gasteiger partial charge in [-0.05, 0) is 149 Å². The molecule has 0 saturated heterocycles. The summed E-state index contributed by atoms with van der Waals surface area (Å²) in [4.78, 5) is 0. The molecule has 0 amide bonds. The molecule has 26 heavy (non-hydrogen) atoms. The Morgan fingerprint density at radius 3 is 0.962 bits per heavy atom. The predicted molar refractivity (Wildman–Crippen MR) is 117 cm³/mol. The second-order valence-electron chi connectivity index (χ2n) is 12.1. The van der Waals surface area contributed by atoms with Crippen LogP contribution in [0, 0.1) is 35.5 Å². The standard InChI is InChI=1S/C24H40P2/c1-25(23-11-17-5-18(12-23)7-19(6-17)13-23)3-4-26(2)24-14-20-8-21(15-24)10-22(9-20)16-24/h17-22H,3-16H2,1-2H3/t17?,18?,19?,20?,21?,22?,23?,24?,25-,26-/m0/s1. The van der Waals surface area contributed by atoms with Gasteiger partial charge in [0, 0.05) is 0 Å². The molecule has 8 bridgehead atoms. The van der Waals surface area contributed by atoms with Crippen molar-refractivity contribution in [3.05, 3.63) is 0 Å². The summed E-state index contributed by atoms with van der Waals surface area (Å²) in [6.45, 7) is 5.51. The molecule has 0 aromatic heterocycles. The van der Waals surface area contributed by atoms with Crippen LogP contribution < -0.4 is 0 Å². The van der Waals surface area contributed by atoms with Gasteiger partial charge in [0.05, 0.1) is 0 Å². The molecular formula is C24H40P2. The maximum Gasteiger partial charge on any atom is -0.00888 e. The van der Waals surface area contributed by atoms with Crippen LogP contribution >= 0.6 is 15.8 Å². The highest BCUT2D eigenvalue weighted by Gasteiger charge is 2.54. The van der Waals surface area contributed by atoms with Gasteiger partial charge in [0.15, 0.2) is 0 Å². The Bertz CT molecular complexity index is 446. The fraction of sp³-hybridized carbons (Fsp3) is 1.00. The van der Waals surface area contributed by atoms with E-state index in [0.29, 0.717) is 0 Å². The van der Waals surface area contributed by atoms with Crippen LogP contribution in [0.2, 0.25) is 0 Å². The van der Waals surface area contributed by atoms with E-state index < -0.39 is 0 Å². The molecule has 2 atom stereocenters. The van der Waals surface area contributed by atoms with Crippen LogP contribution in [-0.4, -0.2) is 36.0 Å². The molecule has 0 spiro atoms. The van der Waals surface area contributed by atoms with E-state index in [2.05, 4.69) is 13.3 Å². The summed E-state index contributed by atoms with van der Waals surface area (Å²) in [5, 5.41) is 1.73. The Morgan fingerprint density at radius 1 is 0.500 bits per heavy atom. The Morgan fingerprint density at radius 2 is 0.731 bits per heavy atom. The SMILES string of the molecule is C[P@@](CC[P@](C)C12CC3CC(CC(C3)C1)C2)C12CC3CC(CC(C3)C1)C2. The number of rotatable bonds is 5. The zero-order chi connectivity index (χ0) is 17.5. The summed E-state index contributed by atoms with van der Waals surface area (Å²) in [5.74, 6) is 6.90. The smallest absolute Gasteiger partial charge is 0.00888 e. The van der Waals surface area contributed by atoms with Crippen molar-refractivity contribution in [3.8, 4) is 0 Å². The van der Waals surface area contributed by atoms with Gasteiger partial charge in [-0.1, -0.05) is 0 Å². The van der Waals surface area contributed by atoms with Crippen LogP contribution in [0.25, 0.3) is 0 Å². The van der Waals surface area contributed by atoms with Crippen molar-refractivity contribution in [2.45, 2.75) is 87.4 Å². The summed E-state index contributed by atoms with van der Waals surface area (Å²) in [5.41, 5.74) is 0. The van der Waals surface area contributed by atoms with E-state index in [1.165, 1.54) is 0 Å². The minimum atomic E-state index is 0.288. The molecule has 0 nitrogen and oxygen atoms in total. The molecule has 0 aliphatic heterocycles. The second-order valence-corrected chi connectivity index (χ2v) is 17.7. The topological polar surface area (TPSA) is 0 Å². The first kappa shape index (κ1) is 17.7. The molecular weight excluding hydrogens is 350 g/mol. The Kier molecular flexibility index (Phi) is 4.21. The molecule has 0 radical (unpaired) electrons. The van der Waals surface area contributed by atoms with Crippen LogP contribution in [0.1, 0.15) is 77.0 Å². The van der Waals surface area contributed by atoms with E-state index in [-0.39, 0.29) is 15.8 Å². The first-order valence-corrected chi connectivity index (χ1v) is 15.9. The fourth-order valence-corrected chi connectivity index (χ4v) is 16.6. The van der Waals surface area contributed by atoms with E-state index >= 15 is 0 Å². The Hall–Kier alpha value is 0.860. The molecule has 0 N–H and O–H groups in total. The molecule has 0 unspecified atom stereocenters. The van der Waals surface area contributed by atoms with Gasteiger partial charge in [0.25, 0.3) is 0 Å². The molecule has 0 heterocycles. The normalized spacial score (nSPS) is 56.1. The third-order valence-electron chi connectivity index (χ3n) is 10.4. The van der Waals surface area contributed by atoms with Gasteiger partial charge in [-0.25, -0.2) is 0 Å². The Labute approximate surface area is 164 Å². The first-order chi connectivity index (χ1) is 12.5. The summed E-state index contributed by atoms with van der Waals surface area (Å²) in [6.07, 6.45) is 22.9. The first-order valence-electron chi connectivity index (χ1n) is 11.9. The monoisotopic (exact) mass is 390 g/mol. The number of hydrogen-bond acceptors (Lipinski definition) is 0. The molecule has 8 rings (SSSR count). The minimum Gasteiger partial charge on any atom is -0.103 e. The molecule has 8 aliphatic carbocycles. The van der Waals surface area contributed by atoms with Gasteiger partial charge >= 0.3 is 0 Å². The third-order valence-corrected chi connectivity index (χ3v) is 16.9. The molecule has 8 aliphatic rings. The van der Waals surface area contributed by atoms with Crippen LogP contribution in [-0.2, 0) is 0 Å². The lowest BCUT2D eigenvalue weighted by molar-refractivity contribution is 0.0352. The maximum atomic E-state index is 2.76. The molecule has 146 valence electrons. The highest BCUT2D eigenvalue weighted by Crippen LogP contribution is 2.70. The maximum absolute atomic E-state index is 2.76. The summed E-state index contributed by atoms with van der Waals surface area (Å²) in [6, 6.07) is 0. The molecule has 8 fully saturated rings. The molecule has 8 saturated carbocycles. The van der Waals surface area contributed by atoms with Gasteiger partial charge in [-0.3, -0.25) is 0 Å². The van der Waals surface area contributed by atoms with E-state index in [0.717, 1.165) is 45.8 Å². The lowest BCUT2D eigenvalue weighted by Crippen LogP contribution is -2.50. The van der Waals surface area contributed by atoms with E-state index in [4.69, 9.17) is 0 Å². The van der Waals surface area contributed by atoms with E-state index in [9.17, 15) is 0 Å². The van der Waals surface area contributed by atoms with Crippen molar-refractivity contribution in [1.82, 2.24) is 0 Å². The van der Waals surface area contributed by atoms with Crippen molar-refractivity contribution < 1.29 is 0 Å². The van der Waals surface area contributed by atoms with E-state index in [1.54, 1.807) is 89.4 Å². The highest BCUT2D eigenvalue weighted by molar-refractivity contribution is 7.62. The van der Waals surface area contributed by atoms with Crippen LogP contribution in [0.5, 0.6) is 0 Å². The predicted octanol–water partition coefficient (Wildman–Crippen LogP) is 7.15. The number of hydrogen-bond donors (Lipinski definition) is 0. The minimum absolute atomic E-state index is 0.288. The van der Waals surface area contributed by atoms with Gasteiger partial charge in [-0.2, -0.15) is 0 Å². The second kappa shape index (κ2) is 6.18. The van der Waals surface area contributed by atoms with Crippen molar-refractivity contribution >= 4 is 15.8 Å². The highest BCUT2D eigenvalue weighted by atomic mass is 31.1. The molecule has 0 aromatic carbocycles. The van der Waals surface area contributed by atoms with Crippen molar-refractivity contribution in [3.63, 3.8) is 0 Å². The van der Waals surface area contributed by atoms with Crippen LogP contribution in [0.3, 0.4) is 0 Å². The lowest BCUT2D eigenvalue weighted by atomic mass is 9.56. The van der Waals surface area contributed by atoms with Gasteiger partial charge < -0.3 is 0 Å². The van der Waals surface area contributed by atoms with Gasteiger partial charge in [0.2, 0.25) is 0 Å². The largest absolute Gasteiger partial charge is 0.103 e. The zero-order valence-electron chi connectivity index (χ0n) is 17.3. The van der Waals surface area contributed by atoms with Crippen LogP contribution in [0.15, 0.2) is 0 Å². The zero-order valence-corrected chi connectivity index (χ0v) is 19.0. The third kappa shape index (κ3) is 2.74. The van der Waals surface area contributed by atoms with Gasteiger partial charge in [-0.15, -0.1) is 15.8 Å². The summed E-state index contributed by atoms with van der Waals surface area (Å²) >= 11 is 0. The van der Waals surface area contributed by atoms with Crippen molar-refractivity contribution in [1.29, 1.82) is 0 Å². The van der Waals surface area contributed by atoms with E-state index in [1.807, 2.05) is 0 Å². The average molecular weight is 391 g/mol. The lowest BCUT2D eigenvalue weighted by Gasteiger charge is -2.60. The molecule has 2 heteroatoms. The molecule has 0 aromatic rings. The summed E-state index contributed by atoms with van der Waals surface area (Å²) < 4.78 is 0. The Balaban J connectivity index is 1.12. The van der Waals surface area contributed by atoms with Gasteiger partial charge in [0.1, 0.15) is 0 Å². The van der Waals surface area contributed by atoms with Crippen molar-refractivity contribution in [2.75, 3.05) is 25.7 Å². The fourth-order valence-electron chi connectivity index (χ4n) is 9.84. The summed E-state index contributed by atoms with van der Waals surface area (Å²) in [7, 11) is 0.575. The van der Waals surface area contributed by atoms with Crippen LogP contribution in [0.4, 0.5) is 0 Å². The average Bonchev–Trinajstić information content (AvgIpc) is 2.57.